The molecule has 3 N–H and O–H groups in total. The smallest absolute Gasteiger partial charge is 0.332 e. The quantitative estimate of drug-likeness (QED) is 0.626. The van der Waals surface area contributed by atoms with Gasteiger partial charge >= 0.3 is 6.03 Å². The van der Waals surface area contributed by atoms with Gasteiger partial charge < -0.3 is 5.73 Å². The van der Waals surface area contributed by atoms with E-state index in [1.807, 2.05) is 0 Å². The van der Waals surface area contributed by atoms with Crippen LogP contribution in [0.1, 0.15) is 12.8 Å². The molecule has 0 heterocycles. The van der Waals surface area contributed by atoms with Gasteiger partial charge in [-0.1, -0.05) is 0 Å². The van der Waals surface area contributed by atoms with E-state index in [1.54, 1.807) is 0 Å². The predicted molar refractivity (Wildman–Crippen MR) is 57.3 cm³/mol. The number of rotatable bonds is 1. The second-order valence-electron chi connectivity index (χ2n) is 6.35. The van der Waals surface area contributed by atoms with Crippen LogP contribution in [-0.4, -0.2) is 11.7 Å². The number of primary amides is 1. The number of hydrogen-bond donors (Lipinski definition) is 2. The molecule has 4 heteroatoms. The second-order valence-corrected chi connectivity index (χ2v) is 6.35. The number of amides is 2. The molecule has 2 amide bonds. The normalized spacial score (nSPS) is 64.4. The molecule has 5 rings (SSSR count). The maximum absolute atomic E-state index is 10.8. The molecule has 8 atom stereocenters. The maximum atomic E-state index is 10.8. The van der Waals surface area contributed by atoms with Crippen LogP contribution in [0.25, 0.3) is 0 Å². The molecular formula is C12H15N3O. The van der Waals surface area contributed by atoms with E-state index in [9.17, 15) is 4.79 Å². The summed E-state index contributed by atoms with van der Waals surface area (Å²) >= 11 is 0. The predicted octanol–water partition coefficient (Wildman–Crippen LogP) is 0.788. The highest BCUT2D eigenvalue weighted by atomic mass is 16.2. The molecule has 8 unspecified atom stereocenters. The van der Waals surface area contributed by atoms with Crippen molar-refractivity contribution >= 4 is 11.7 Å². The Bertz CT molecular complexity index is 440. The van der Waals surface area contributed by atoms with Gasteiger partial charge in [-0.3, -0.25) is 0 Å². The van der Waals surface area contributed by atoms with Crippen molar-refractivity contribution < 1.29 is 4.79 Å². The lowest BCUT2D eigenvalue weighted by atomic mass is 9.59. The maximum Gasteiger partial charge on any atom is 0.332 e. The van der Waals surface area contributed by atoms with Gasteiger partial charge in [-0.05, 0) is 48.3 Å². The molecule has 5 aliphatic rings. The van der Waals surface area contributed by atoms with Crippen LogP contribution in [0.2, 0.25) is 0 Å². The zero-order valence-electron chi connectivity index (χ0n) is 8.97. The molecule has 84 valence electrons. The SMILES string of the molecule is NC(=O)N/N=C1\C2C3CC4C1C1C2CC3C41. The second kappa shape index (κ2) is 2.15. The lowest BCUT2D eigenvalue weighted by Gasteiger charge is -2.44. The fourth-order valence-electron chi connectivity index (χ4n) is 6.40. The van der Waals surface area contributed by atoms with E-state index in [-0.39, 0.29) is 0 Å². The van der Waals surface area contributed by atoms with E-state index in [1.165, 1.54) is 18.6 Å². The number of nitrogens with zero attached hydrogens (tertiary/aromatic N) is 1. The van der Waals surface area contributed by atoms with Gasteiger partial charge in [0.15, 0.2) is 0 Å². The van der Waals surface area contributed by atoms with E-state index in [4.69, 9.17) is 5.73 Å². The Morgan fingerprint density at radius 1 is 1.12 bits per heavy atom. The van der Waals surface area contributed by atoms with Crippen LogP contribution in [0.15, 0.2) is 5.10 Å². The Morgan fingerprint density at radius 3 is 2.69 bits per heavy atom. The van der Waals surface area contributed by atoms with Crippen molar-refractivity contribution in [2.24, 2.45) is 58.2 Å². The lowest BCUT2D eigenvalue weighted by molar-refractivity contribution is 0.0503. The van der Waals surface area contributed by atoms with Crippen LogP contribution in [0, 0.1) is 47.3 Å². The average Bonchev–Trinajstić information content (AvgIpc) is 2.72. The highest BCUT2D eigenvalue weighted by molar-refractivity contribution is 5.96. The highest BCUT2D eigenvalue weighted by Gasteiger charge is 2.79. The average molecular weight is 217 g/mol. The van der Waals surface area contributed by atoms with Gasteiger partial charge in [-0.25, -0.2) is 10.2 Å². The molecule has 5 aliphatic carbocycles. The number of nitrogens with two attached hydrogens (primary N) is 1. The number of carbonyl (C=O) groups is 1. The van der Waals surface area contributed by atoms with Gasteiger partial charge in [-0.2, -0.15) is 5.10 Å². The molecule has 2 bridgehead atoms. The van der Waals surface area contributed by atoms with Gasteiger partial charge in [0.2, 0.25) is 0 Å². The minimum Gasteiger partial charge on any atom is -0.350 e. The first-order valence-corrected chi connectivity index (χ1v) is 6.40. The molecule has 5 fully saturated rings. The van der Waals surface area contributed by atoms with Crippen LogP contribution in [-0.2, 0) is 0 Å². The zero-order chi connectivity index (χ0) is 10.6. The van der Waals surface area contributed by atoms with Gasteiger partial charge in [0.05, 0.1) is 0 Å². The first-order chi connectivity index (χ1) is 7.77. The molecular weight excluding hydrogens is 202 g/mol. The fourth-order valence-corrected chi connectivity index (χ4v) is 6.40. The highest BCUT2D eigenvalue weighted by Crippen LogP contribution is 2.81. The van der Waals surface area contributed by atoms with Crippen molar-refractivity contribution in [3.8, 4) is 0 Å². The van der Waals surface area contributed by atoms with Gasteiger partial charge in [0.25, 0.3) is 0 Å². The number of fused-ring (bicyclic) bond motifs is 2. The van der Waals surface area contributed by atoms with E-state index < -0.39 is 6.03 Å². The Hall–Kier alpha value is -1.06. The lowest BCUT2D eigenvalue weighted by Crippen LogP contribution is -2.44. The number of nitrogens with one attached hydrogen (secondary N) is 1. The Balaban J connectivity index is 1.60. The van der Waals surface area contributed by atoms with Crippen LogP contribution in [0.5, 0.6) is 0 Å². The molecule has 0 saturated heterocycles. The summed E-state index contributed by atoms with van der Waals surface area (Å²) in [5.41, 5.74) is 8.87. The summed E-state index contributed by atoms with van der Waals surface area (Å²) in [6.45, 7) is 0. The zero-order valence-corrected chi connectivity index (χ0v) is 8.97. The summed E-state index contributed by atoms with van der Waals surface area (Å²) in [7, 11) is 0. The first-order valence-electron chi connectivity index (χ1n) is 6.40. The molecule has 0 aliphatic heterocycles. The number of carbonyl (C=O) groups excluding carboxylic acids is 1. The number of hydrogen-bond acceptors (Lipinski definition) is 2. The van der Waals surface area contributed by atoms with Gasteiger partial charge in [-0.15, -0.1) is 0 Å². The van der Waals surface area contributed by atoms with Crippen molar-refractivity contribution in [2.45, 2.75) is 12.8 Å². The van der Waals surface area contributed by atoms with E-state index in [0.29, 0.717) is 5.92 Å². The molecule has 0 radical (unpaired) electrons. The van der Waals surface area contributed by atoms with Crippen LogP contribution < -0.4 is 11.2 Å². The minimum absolute atomic E-state index is 0.522. The van der Waals surface area contributed by atoms with Crippen molar-refractivity contribution in [1.29, 1.82) is 0 Å². The summed E-state index contributed by atoms with van der Waals surface area (Å²) in [6.07, 6.45) is 2.90. The minimum atomic E-state index is -0.522. The molecule has 4 nitrogen and oxygen atoms in total. The van der Waals surface area contributed by atoms with Crippen molar-refractivity contribution in [1.82, 2.24) is 5.43 Å². The third kappa shape index (κ3) is 0.590. The monoisotopic (exact) mass is 217 g/mol. The summed E-state index contributed by atoms with van der Waals surface area (Å²) in [5, 5.41) is 4.33. The number of hydrazone groups is 1. The topological polar surface area (TPSA) is 67.5 Å². The third-order valence-electron chi connectivity index (χ3n) is 6.34. The summed E-state index contributed by atoms with van der Waals surface area (Å²) < 4.78 is 0. The van der Waals surface area contributed by atoms with Crippen LogP contribution in [0.4, 0.5) is 4.79 Å². The summed E-state index contributed by atoms with van der Waals surface area (Å²) in [4.78, 5) is 10.8. The van der Waals surface area contributed by atoms with E-state index in [2.05, 4.69) is 10.5 Å². The molecule has 0 aromatic carbocycles. The first kappa shape index (κ1) is 8.09. The molecule has 16 heavy (non-hydrogen) atoms. The molecule has 0 aromatic heterocycles. The Kier molecular flexibility index (Phi) is 1.09. The third-order valence-corrected chi connectivity index (χ3v) is 6.34. The fraction of sp³-hybridized carbons (Fsp3) is 0.833. The summed E-state index contributed by atoms with van der Waals surface area (Å²) in [5.74, 6) is 7.16. The van der Waals surface area contributed by atoms with Crippen LogP contribution >= 0.6 is 0 Å². The van der Waals surface area contributed by atoms with E-state index >= 15 is 0 Å². The van der Waals surface area contributed by atoms with E-state index in [0.717, 1.165) is 41.4 Å². The number of urea groups is 1. The van der Waals surface area contributed by atoms with Crippen molar-refractivity contribution in [3.05, 3.63) is 0 Å². The molecule has 5 saturated carbocycles. The standard InChI is InChI=1S/C12H15N3O/c13-12(16)15-14-11-8-4-2-5-7-3(4)1-6(8)9(7)10(5)11/h3-10H,1-2H2,(H3,13,15,16)/b14-11+. The van der Waals surface area contributed by atoms with Crippen molar-refractivity contribution in [3.63, 3.8) is 0 Å². The largest absolute Gasteiger partial charge is 0.350 e. The Labute approximate surface area is 93.6 Å². The van der Waals surface area contributed by atoms with Gasteiger partial charge in [0, 0.05) is 17.5 Å². The van der Waals surface area contributed by atoms with Gasteiger partial charge in [0.1, 0.15) is 0 Å². The Morgan fingerprint density at radius 2 is 1.88 bits per heavy atom. The van der Waals surface area contributed by atoms with Crippen molar-refractivity contribution in [2.75, 3.05) is 0 Å². The molecule has 0 spiro atoms. The summed E-state index contributed by atoms with van der Waals surface area (Å²) in [6, 6.07) is -0.522. The van der Waals surface area contributed by atoms with Crippen LogP contribution in [0.3, 0.4) is 0 Å². The molecule has 0 aromatic rings.